The number of nitrogens with one attached hydrogen (secondary N) is 1. The van der Waals surface area contributed by atoms with Gasteiger partial charge in [-0.2, -0.15) is 0 Å². The summed E-state index contributed by atoms with van der Waals surface area (Å²) in [5.41, 5.74) is 0.216. The predicted molar refractivity (Wildman–Crippen MR) is 71.3 cm³/mol. The molecule has 0 amide bonds. The Morgan fingerprint density at radius 1 is 1.37 bits per heavy atom. The molecule has 1 aromatic rings. The molecule has 19 heavy (non-hydrogen) atoms. The third-order valence-corrected chi connectivity index (χ3v) is 3.96. The molecule has 0 bridgehead atoms. The molecule has 3 nitrogen and oxygen atoms in total. The van der Waals surface area contributed by atoms with Gasteiger partial charge in [-0.3, -0.25) is 10.1 Å². The highest BCUT2D eigenvalue weighted by Crippen LogP contribution is 2.27. The van der Waals surface area contributed by atoms with Crippen molar-refractivity contribution in [2.24, 2.45) is 5.92 Å². The fraction of sp³-hybridized carbons (Fsp3) is 0.533. The standard InChI is InChI=1S/C15H20FNO2/c1-10-6-2-5-9-13(10)17-14(15(18)19)11-7-3-4-8-12(11)16/h3-4,7-8,10,13-14,17H,2,5-6,9H2,1H3,(H,18,19). The van der Waals surface area contributed by atoms with E-state index in [0.717, 1.165) is 19.3 Å². The molecule has 0 saturated heterocycles. The first-order valence-electron chi connectivity index (χ1n) is 6.83. The molecule has 1 aliphatic rings. The van der Waals surface area contributed by atoms with Crippen molar-refractivity contribution in [3.8, 4) is 0 Å². The first-order valence-corrected chi connectivity index (χ1v) is 6.83. The molecule has 4 heteroatoms. The van der Waals surface area contributed by atoms with E-state index < -0.39 is 17.8 Å². The number of benzene rings is 1. The number of carboxylic acids is 1. The summed E-state index contributed by atoms with van der Waals surface area (Å²) in [6, 6.07) is 5.26. The van der Waals surface area contributed by atoms with Gasteiger partial charge in [-0.25, -0.2) is 4.39 Å². The van der Waals surface area contributed by atoms with Crippen molar-refractivity contribution in [1.82, 2.24) is 5.32 Å². The Kier molecular flexibility index (Phi) is 4.53. The van der Waals surface area contributed by atoms with Gasteiger partial charge in [-0.15, -0.1) is 0 Å². The van der Waals surface area contributed by atoms with Crippen LogP contribution < -0.4 is 5.32 Å². The largest absolute Gasteiger partial charge is 0.480 e. The second-order valence-corrected chi connectivity index (χ2v) is 5.33. The van der Waals surface area contributed by atoms with E-state index in [9.17, 15) is 14.3 Å². The van der Waals surface area contributed by atoms with Gasteiger partial charge in [0.1, 0.15) is 11.9 Å². The molecule has 1 fully saturated rings. The highest BCUT2D eigenvalue weighted by Gasteiger charge is 2.29. The van der Waals surface area contributed by atoms with Crippen molar-refractivity contribution in [1.29, 1.82) is 0 Å². The molecule has 1 saturated carbocycles. The van der Waals surface area contributed by atoms with Crippen LogP contribution in [-0.4, -0.2) is 17.1 Å². The Bertz CT molecular complexity index is 450. The van der Waals surface area contributed by atoms with E-state index in [1.807, 2.05) is 0 Å². The zero-order valence-electron chi connectivity index (χ0n) is 11.1. The molecule has 3 atom stereocenters. The predicted octanol–water partition coefficient (Wildman–Crippen LogP) is 3.12. The average molecular weight is 265 g/mol. The van der Waals surface area contributed by atoms with Crippen LogP contribution in [0.3, 0.4) is 0 Å². The molecule has 104 valence electrons. The molecule has 0 radical (unpaired) electrons. The lowest BCUT2D eigenvalue weighted by Gasteiger charge is -2.32. The third-order valence-electron chi connectivity index (χ3n) is 3.96. The maximum Gasteiger partial charge on any atom is 0.325 e. The highest BCUT2D eigenvalue weighted by molar-refractivity contribution is 5.75. The monoisotopic (exact) mass is 265 g/mol. The number of halogens is 1. The lowest BCUT2D eigenvalue weighted by Crippen LogP contribution is -2.42. The van der Waals surface area contributed by atoms with Crippen molar-refractivity contribution >= 4 is 5.97 Å². The highest BCUT2D eigenvalue weighted by atomic mass is 19.1. The molecule has 1 aromatic carbocycles. The maximum absolute atomic E-state index is 13.7. The summed E-state index contributed by atoms with van der Waals surface area (Å²) >= 11 is 0. The Morgan fingerprint density at radius 3 is 2.68 bits per heavy atom. The van der Waals surface area contributed by atoms with Crippen molar-refractivity contribution < 1.29 is 14.3 Å². The van der Waals surface area contributed by atoms with E-state index in [1.54, 1.807) is 12.1 Å². The van der Waals surface area contributed by atoms with E-state index in [0.29, 0.717) is 5.92 Å². The summed E-state index contributed by atoms with van der Waals surface area (Å²) in [5.74, 6) is -1.06. The van der Waals surface area contributed by atoms with Crippen molar-refractivity contribution in [2.75, 3.05) is 0 Å². The molecular weight excluding hydrogens is 245 g/mol. The molecule has 0 aliphatic heterocycles. The number of rotatable bonds is 4. The van der Waals surface area contributed by atoms with Crippen LogP contribution >= 0.6 is 0 Å². The second-order valence-electron chi connectivity index (χ2n) is 5.33. The van der Waals surface area contributed by atoms with Crippen LogP contribution in [0.1, 0.15) is 44.2 Å². The van der Waals surface area contributed by atoms with Crippen molar-refractivity contribution in [3.63, 3.8) is 0 Å². The summed E-state index contributed by atoms with van der Waals surface area (Å²) in [4.78, 5) is 11.4. The van der Waals surface area contributed by atoms with Gasteiger partial charge < -0.3 is 5.11 Å². The van der Waals surface area contributed by atoms with Gasteiger partial charge in [-0.05, 0) is 24.8 Å². The minimum absolute atomic E-state index is 0.148. The summed E-state index contributed by atoms with van der Waals surface area (Å²) in [6.07, 6.45) is 4.35. The van der Waals surface area contributed by atoms with Gasteiger partial charge in [-0.1, -0.05) is 38.0 Å². The van der Waals surface area contributed by atoms with Crippen LogP contribution in [0.25, 0.3) is 0 Å². The second kappa shape index (κ2) is 6.15. The first-order chi connectivity index (χ1) is 9.09. The molecule has 0 heterocycles. The fourth-order valence-electron chi connectivity index (χ4n) is 2.78. The molecule has 0 aromatic heterocycles. The van der Waals surface area contributed by atoms with Gasteiger partial charge in [0.2, 0.25) is 0 Å². The molecular formula is C15H20FNO2. The smallest absolute Gasteiger partial charge is 0.325 e. The lowest BCUT2D eigenvalue weighted by atomic mass is 9.85. The topological polar surface area (TPSA) is 49.3 Å². The summed E-state index contributed by atoms with van der Waals surface area (Å²) in [6.45, 7) is 2.12. The van der Waals surface area contributed by atoms with Gasteiger partial charge in [0.05, 0.1) is 0 Å². The Morgan fingerprint density at radius 2 is 2.05 bits per heavy atom. The Labute approximate surface area is 112 Å². The molecule has 0 spiro atoms. The van der Waals surface area contributed by atoms with E-state index in [4.69, 9.17) is 0 Å². The lowest BCUT2D eigenvalue weighted by molar-refractivity contribution is -0.140. The zero-order chi connectivity index (χ0) is 13.8. The van der Waals surface area contributed by atoms with E-state index in [-0.39, 0.29) is 11.6 Å². The quantitative estimate of drug-likeness (QED) is 0.879. The number of carboxylic acid groups (broad SMARTS) is 1. The average Bonchev–Trinajstić information content (AvgIpc) is 2.38. The molecule has 2 N–H and O–H groups in total. The van der Waals surface area contributed by atoms with Crippen LogP contribution in [0.15, 0.2) is 24.3 Å². The number of carbonyl (C=O) groups is 1. The number of aliphatic carboxylic acids is 1. The zero-order valence-corrected chi connectivity index (χ0v) is 11.1. The molecule has 2 rings (SSSR count). The normalized spacial score (nSPS) is 24.9. The van der Waals surface area contributed by atoms with E-state index in [1.165, 1.54) is 18.6 Å². The van der Waals surface area contributed by atoms with Crippen LogP contribution in [-0.2, 0) is 4.79 Å². The first kappa shape index (κ1) is 14.0. The summed E-state index contributed by atoms with van der Waals surface area (Å²) in [7, 11) is 0. The minimum atomic E-state index is -1.03. The molecule has 3 unspecified atom stereocenters. The van der Waals surface area contributed by atoms with Gasteiger partial charge in [0.25, 0.3) is 0 Å². The summed E-state index contributed by atoms with van der Waals surface area (Å²) < 4.78 is 13.7. The molecule has 1 aliphatic carbocycles. The number of hydrogen-bond acceptors (Lipinski definition) is 2. The van der Waals surface area contributed by atoms with E-state index in [2.05, 4.69) is 12.2 Å². The summed E-state index contributed by atoms with van der Waals surface area (Å²) in [5, 5.41) is 12.5. The van der Waals surface area contributed by atoms with Crippen molar-refractivity contribution in [2.45, 2.75) is 44.7 Å². The minimum Gasteiger partial charge on any atom is -0.480 e. The SMILES string of the molecule is CC1CCCCC1NC(C(=O)O)c1ccccc1F. The van der Waals surface area contributed by atoms with Crippen LogP contribution in [0.5, 0.6) is 0 Å². The maximum atomic E-state index is 13.7. The van der Waals surface area contributed by atoms with Crippen LogP contribution in [0, 0.1) is 11.7 Å². The van der Waals surface area contributed by atoms with Gasteiger partial charge in [0, 0.05) is 11.6 Å². The third kappa shape index (κ3) is 3.32. The Hall–Kier alpha value is -1.42. The van der Waals surface area contributed by atoms with E-state index >= 15 is 0 Å². The number of hydrogen-bond donors (Lipinski definition) is 2. The van der Waals surface area contributed by atoms with Crippen LogP contribution in [0.4, 0.5) is 4.39 Å². The fourth-order valence-corrected chi connectivity index (χ4v) is 2.78. The van der Waals surface area contributed by atoms with Crippen LogP contribution in [0.2, 0.25) is 0 Å². The van der Waals surface area contributed by atoms with Gasteiger partial charge >= 0.3 is 5.97 Å². The Balaban J connectivity index is 2.17. The van der Waals surface area contributed by atoms with Gasteiger partial charge in [0.15, 0.2) is 0 Å². The van der Waals surface area contributed by atoms with Crippen molar-refractivity contribution in [3.05, 3.63) is 35.6 Å².